The average Bonchev–Trinajstić information content (AvgIpc) is 2.65. The molecule has 2 aromatic heterocycles. The van der Waals surface area contributed by atoms with Gasteiger partial charge >= 0.3 is 0 Å². The summed E-state index contributed by atoms with van der Waals surface area (Å²) < 4.78 is 6.30. The van der Waals surface area contributed by atoms with Crippen LogP contribution < -0.4 is 15.4 Å². The highest BCUT2D eigenvalue weighted by atomic mass is 79.9. The van der Waals surface area contributed by atoms with Crippen molar-refractivity contribution in [3.8, 4) is 5.88 Å². The lowest BCUT2D eigenvalue weighted by Gasteiger charge is -2.17. The van der Waals surface area contributed by atoms with Gasteiger partial charge in [-0.25, -0.2) is 9.97 Å². The van der Waals surface area contributed by atoms with E-state index in [1.54, 1.807) is 26.2 Å². The summed E-state index contributed by atoms with van der Waals surface area (Å²) in [6.45, 7) is 3.44. The Morgan fingerprint density at radius 2 is 1.81 bits per heavy atom. The number of nitrogens with zero attached hydrogens (tertiary/aromatic N) is 3. The number of aliphatic hydroxyl groups excluding tert-OH is 1. The first-order valence-corrected chi connectivity index (χ1v) is 9.23. The molecule has 0 aliphatic heterocycles. The van der Waals surface area contributed by atoms with Gasteiger partial charge in [-0.15, -0.1) is 0 Å². The van der Waals surface area contributed by atoms with Crippen LogP contribution in [-0.4, -0.2) is 32.3 Å². The molecule has 1 aromatic carbocycles. The number of aromatic nitrogens is 3. The van der Waals surface area contributed by atoms with Crippen molar-refractivity contribution in [3.05, 3.63) is 59.3 Å². The molecule has 0 saturated heterocycles. The molecule has 3 N–H and O–H groups in total. The van der Waals surface area contributed by atoms with E-state index in [0.717, 1.165) is 17.2 Å². The van der Waals surface area contributed by atoms with Crippen LogP contribution >= 0.6 is 15.9 Å². The van der Waals surface area contributed by atoms with Gasteiger partial charge in [0.25, 0.3) is 0 Å². The van der Waals surface area contributed by atoms with Gasteiger partial charge in [-0.3, -0.25) is 0 Å². The quantitative estimate of drug-likeness (QED) is 0.516. The molecule has 0 spiro atoms. The second kappa shape index (κ2) is 8.79. The molecule has 0 amide bonds. The first kappa shape index (κ1) is 19.1. The summed E-state index contributed by atoms with van der Waals surface area (Å²) in [7, 11) is 0. The SMILES string of the molecule is CC(O)[C@@H](C)Oc1nc(Nc2cccc(Nc3ccccn3)c2)ncc1Br. The lowest BCUT2D eigenvalue weighted by Crippen LogP contribution is -2.26. The number of hydrogen-bond acceptors (Lipinski definition) is 7. The molecule has 0 saturated carbocycles. The zero-order valence-electron chi connectivity index (χ0n) is 14.9. The van der Waals surface area contributed by atoms with Gasteiger partial charge in [0.15, 0.2) is 0 Å². The number of halogens is 1. The van der Waals surface area contributed by atoms with E-state index >= 15 is 0 Å². The molecule has 7 nitrogen and oxygen atoms in total. The van der Waals surface area contributed by atoms with Gasteiger partial charge in [-0.1, -0.05) is 12.1 Å². The fourth-order valence-corrected chi connectivity index (χ4v) is 2.44. The average molecular weight is 430 g/mol. The van der Waals surface area contributed by atoms with Gasteiger partial charge in [0.2, 0.25) is 11.8 Å². The van der Waals surface area contributed by atoms with Crippen molar-refractivity contribution in [2.45, 2.75) is 26.1 Å². The number of benzene rings is 1. The van der Waals surface area contributed by atoms with Crippen molar-refractivity contribution in [3.63, 3.8) is 0 Å². The Morgan fingerprint density at radius 1 is 1.04 bits per heavy atom. The number of hydrogen-bond donors (Lipinski definition) is 3. The largest absolute Gasteiger partial charge is 0.471 e. The minimum atomic E-state index is -0.613. The summed E-state index contributed by atoms with van der Waals surface area (Å²) in [6, 6.07) is 13.4. The predicted octanol–water partition coefficient (Wildman–Crippen LogP) is 4.27. The molecule has 0 radical (unpaired) electrons. The number of nitrogens with one attached hydrogen (secondary N) is 2. The summed E-state index contributed by atoms with van der Waals surface area (Å²) in [5, 5.41) is 16.0. The van der Waals surface area contributed by atoms with Crippen molar-refractivity contribution < 1.29 is 9.84 Å². The van der Waals surface area contributed by atoms with Crippen molar-refractivity contribution >= 4 is 39.1 Å². The zero-order chi connectivity index (χ0) is 19.2. The van der Waals surface area contributed by atoms with Crippen molar-refractivity contribution in [2.24, 2.45) is 0 Å². The topological polar surface area (TPSA) is 92.2 Å². The Balaban J connectivity index is 1.74. The van der Waals surface area contributed by atoms with E-state index in [0.29, 0.717) is 16.3 Å². The molecule has 3 aromatic rings. The van der Waals surface area contributed by atoms with Crippen LogP contribution in [-0.2, 0) is 0 Å². The van der Waals surface area contributed by atoms with E-state index in [1.807, 2.05) is 42.5 Å². The zero-order valence-corrected chi connectivity index (χ0v) is 16.5. The minimum Gasteiger partial charge on any atom is -0.471 e. The summed E-state index contributed by atoms with van der Waals surface area (Å²) in [5.74, 6) is 1.52. The fourth-order valence-electron chi connectivity index (χ4n) is 2.16. The van der Waals surface area contributed by atoms with Gasteiger partial charge in [0, 0.05) is 17.6 Å². The van der Waals surface area contributed by atoms with Gasteiger partial charge in [0.1, 0.15) is 11.9 Å². The molecule has 0 bridgehead atoms. The maximum absolute atomic E-state index is 9.62. The Bertz CT molecular complexity index is 892. The molecular formula is C19H20BrN5O2. The summed E-state index contributed by atoms with van der Waals surface area (Å²) in [6.07, 6.45) is 2.33. The van der Waals surface area contributed by atoms with E-state index in [4.69, 9.17) is 4.74 Å². The second-order valence-corrected chi connectivity index (χ2v) is 6.81. The number of rotatable bonds is 7. The molecular weight excluding hydrogens is 410 g/mol. The maximum Gasteiger partial charge on any atom is 0.233 e. The molecule has 2 atom stereocenters. The van der Waals surface area contributed by atoms with Crippen LogP contribution in [0.3, 0.4) is 0 Å². The monoisotopic (exact) mass is 429 g/mol. The van der Waals surface area contributed by atoms with Crippen molar-refractivity contribution in [2.75, 3.05) is 10.6 Å². The van der Waals surface area contributed by atoms with E-state index in [-0.39, 0.29) is 0 Å². The molecule has 1 unspecified atom stereocenters. The minimum absolute atomic E-state index is 0.365. The molecule has 140 valence electrons. The lowest BCUT2D eigenvalue weighted by atomic mass is 10.2. The number of ether oxygens (including phenoxy) is 1. The van der Waals surface area contributed by atoms with Crippen LogP contribution in [0.2, 0.25) is 0 Å². The van der Waals surface area contributed by atoms with Crippen LogP contribution in [0.15, 0.2) is 59.3 Å². The molecule has 0 aliphatic rings. The Labute approximate surface area is 166 Å². The first-order chi connectivity index (χ1) is 13.0. The molecule has 3 rings (SSSR count). The van der Waals surface area contributed by atoms with E-state index < -0.39 is 12.2 Å². The predicted molar refractivity (Wildman–Crippen MR) is 109 cm³/mol. The maximum atomic E-state index is 9.62. The third kappa shape index (κ3) is 5.38. The smallest absolute Gasteiger partial charge is 0.233 e. The van der Waals surface area contributed by atoms with Crippen LogP contribution in [0.4, 0.5) is 23.1 Å². The molecule has 0 aliphatic carbocycles. The van der Waals surface area contributed by atoms with Crippen molar-refractivity contribution in [1.29, 1.82) is 0 Å². The number of pyridine rings is 1. The molecule has 27 heavy (non-hydrogen) atoms. The first-order valence-electron chi connectivity index (χ1n) is 8.43. The number of anilines is 4. The third-order valence-corrected chi connectivity index (χ3v) is 4.29. The van der Waals surface area contributed by atoms with Gasteiger partial charge in [-0.05, 0) is 60.1 Å². The van der Waals surface area contributed by atoms with E-state index in [1.165, 1.54) is 0 Å². The highest BCUT2D eigenvalue weighted by Crippen LogP contribution is 2.26. The molecule has 0 fully saturated rings. The van der Waals surface area contributed by atoms with Gasteiger partial charge in [-0.2, -0.15) is 4.98 Å². The summed E-state index contributed by atoms with van der Waals surface area (Å²) in [4.78, 5) is 12.9. The van der Waals surface area contributed by atoms with E-state index in [2.05, 4.69) is 41.5 Å². The van der Waals surface area contributed by atoms with E-state index in [9.17, 15) is 5.11 Å². The van der Waals surface area contributed by atoms with Crippen LogP contribution in [0.5, 0.6) is 5.88 Å². The molecule has 2 heterocycles. The lowest BCUT2D eigenvalue weighted by molar-refractivity contribution is 0.0569. The van der Waals surface area contributed by atoms with Gasteiger partial charge in [0.05, 0.1) is 16.8 Å². The van der Waals surface area contributed by atoms with Crippen LogP contribution in [0.1, 0.15) is 13.8 Å². The Hall–Kier alpha value is -2.71. The molecule has 8 heteroatoms. The number of aliphatic hydroxyl groups is 1. The summed E-state index contributed by atoms with van der Waals surface area (Å²) >= 11 is 3.37. The highest BCUT2D eigenvalue weighted by molar-refractivity contribution is 9.10. The van der Waals surface area contributed by atoms with Gasteiger partial charge < -0.3 is 20.5 Å². The Morgan fingerprint density at radius 3 is 2.52 bits per heavy atom. The third-order valence-electron chi connectivity index (χ3n) is 3.74. The fraction of sp³-hybridized carbons (Fsp3) is 0.211. The normalized spacial score (nSPS) is 12.9. The standard InChI is InChI=1S/C19H20BrN5O2/c1-12(26)13(2)27-18-16(20)11-22-19(25-18)24-15-7-5-6-14(10-15)23-17-8-3-4-9-21-17/h3-13,26H,1-2H3,(H,21,23)(H,22,24,25)/t12?,13-/m1/s1. The van der Waals surface area contributed by atoms with Crippen LogP contribution in [0.25, 0.3) is 0 Å². The second-order valence-electron chi connectivity index (χ2n) is 5.96. The summed E-state index contributed by atoms with van der Waals surface area (Å²) in [5.41, 5.74) is 1.70. The van der Waals surface area contributed by atoms with Crippen LogP contribution in [0, 0.1) is 0 Å². The van der Waals surface area contributed by atoms with Crippen molar-refractivity contribution in [1.82, 2.24) is 15.0 Å². The highest BCUT2D eigenvalue weighted by Gasteiger charge is 2.14. The Kier molecular flexibility index (Phi) is 6.20.